The van der Waals surface area contributed by atoms with Crippen LogP contribution in [0.3, 0.4) is 0 Å². The molecule has 0 amide bonds. The first-order chi connectivity index (χ1) is 15.7. The standard InChI is InChI=1S/C22H29BrN6O4/c1-14-12-27(17-6-9-33-15(2)10-17)7-8-28(14)18-5-4-16(11-19(18)29(31)32)24-21-22(30)26(3)13-20(23)25-21/h4-5,11,13-15,17H,6-10,12H2,1-3H3,(H,24,25)/t14-,15?,17?/m0/s1. The Morgan fingerprint density at radius 2 is 2.09 bits per heavy atom. The number of hydrogen-bond donors (Lipinski definition) is 1. The van der Waals surface area contributed by atoms with E-state index in [1.807, 2.05) is 0 Å². The SMILES string of the molecule is CC1CC(N2CCN(c3ccc(Nc4nc(Br)cn(C)c4=O)cc3[N+](=O)[O-])[C@@H](C)C2)CCO1. The molecule has 1 aromatic carbocycles. The molecule has 2 saturated heterocycles. The molecular formula is C22H29BrN6O4. The summed E-state index contributed by atoms with van der Waals surface area (Å²) in [6.07, 6.45) is 3.88. The lowest BCUT2D eigenvalue weighted by Crippen LogP contribution is -2.56. The molecule has 2 fully saturated rings. The molecule has 2 aliphatic heterocycles. The van der Waals surface area contributed by atoms with Crippen molar-refractivity contribution >= 4 is 38.8 Å². The zero-order valence-corrected chi connectivity index (χ0v) is 20.6. The molecule has 2 unspecified atom stereocenters. The highest BCUT2D eigenvalue weighted by atomic mass is 79.9. The predicted molar refractivity (Wildman–Crippen MR) is 130 cm³/mol. The number of ether oxygens (including phenoxy) is 1. The van der Waals surface area contributed by atoms with Crippen LogP contribution in [0.1, 0.15) is 26.7 Å². The molecule has 0 aliphatic carbocycles. The smallest absolute Gasteiger partial charge is 0.294 e. The second-order valence-corrected chi connectivity index (χ2v) is 9.62. The number of aryl methyl sites for hydroxylation is 1. The van der Waals surface area contributed by atoms with Gasteiger partial charge in [-0.15, -0.1) is 0 Å². The fraction of sp³-hybridized carbons (Fsp3) is 0.545. The Hall–Kier alpha value is -2.50. The van der Waals surface area contributed by atoms with E-state index in [1.54, 1.807) is 25.4 Å². The van der Waals surface area contributed by atoms with Gasteiger partial charge in [0.05, 0.1) is 11.0 Å². The van der Waals surface area contributed by atoms with Gasteiger partial charge in [-0.1, -0.05) is 0 Å². The van der Waals surface area contributed by atoms with Crippen LogP contribution in [0, 0.1) is 10.1 Å². The lowest BCUT2D eigenvalue weighted by atomic mass is 10.00. The molecule has 4 rings (SSSR count). The first kappa shape index (κ1) is 23.7. The van der Waals surface area contributed by atoms with Crippen molar-refractivity contribution in [2.45, 2.75) is 44.9 Å². The highest BCUT2D eigenvalue weighted by Crippen LogP contribution is 2.35. The van der Waals surface area contributed by atoms with Gasteiger partial charge in [-0.05, 0) is 54.8 Å². The maximum Gasteiger partial charge on any atom is 0.294 e. The van der Waals surface area contributed by atoms with Gasteiger partial charge in [0.15, 0.2) is 5.82 Å². The van der Waals surface area contributed by atoms with Gasteiger partial charge in [0.2, 0.25) is 0 Å². The molecule has 0 bridgehead atoms. The Labute approximate surface area is 200 Å². The Bertz CT molecular complexity index is 1090. The van der Waals surface area contributed by atoms with Crippen molar-refractivity contribution in [1.29, 1.82) is 0 Å². The lowest BCUT2D eigenvalue weighted by Gasteiger charge is -2.45. The Morgan fingerprint density at radius 1 is 1.30 bits per heavy atom. The summed E-state index contributed by atoms with van der Waals surface area (Å²) in [5.41, 5.74) is 0.715. The van der Waals surface area contributed by atoms with E-state index >= 15 is 0 Å². The van der Waals surface area contributed by atoms with E-state index in [0.717, 1.165) is 32.5 Å². The minimum atomic E-state index is -0.369. The van der Waals surface area contributed by atoms with E-state index < -0.39 is 0 Å². The summed E-state index contributed by atoms with van der Waals surface area (Å²) in [7, 11) is 1.62. The third-order valence-electron chi connectivity index (χ3n) is 6.42. The van der Waals surface area contributed by atoms with Gasteiger partial charge in [0, 0.05) is 63.3 Å². The molecule has 1 aromatic heterocycles. The second-order valence-electron chi connectivity index (χ2n) is 8.81. The third kappa shape index (κ3) is 5.20. The van der Waals surface area contributed by atoms with Crippen molar-refractivity contribution in [3.63, 3.8) is 0 Å². The zero-order chi connectivity index (χ0) is 23.7. The zero-order valence-electron chi connectivity index (χ0n) is 19.0. The number of benzene rings is 1. The summed E-state index contributed by atoms with van der Waals surface area (Å²) in [6.45, 7) is 7.44. The van der Waals surface area contributed by atoms with Crippen molar-refractivity contribution in [1.82, 2.24) is 14.5 Å². The van der Waals surface area contributed by atoms with Gasteiger partial charge < -0.3 is 19.5 Å². The Kier molecular flexibility index (Phi) is 7.01. The average molecular weight is 521 g/mol. The summed E-state index contributed by atoms with van der Waals surface area (Å²) < 4.78 is 7.57. The average Bonchev–Trinajstić information content (AvgIpc) is 2.77. The van der Waals surface area contributed by atoms with E-state index in [1.165, 1.54) is 10.6 Å². The topological polar surface area (TPSA) is 106 Å². The van der Waals surface area contributed by atoms with Crippen LogP contribution >= 0.6 is 15.9 Å². The van der Waals surface area contributed by atoms with Crippen molar-refractivity contribution in [2.75, 3.05) is 36.5 Å². The maximum atomic E-state index is 12.3. The molecule has 10 nitrogen and oxygen atoms in total. The molecule has 0 saturated carbocycles. The minimum Gasteiger partial charge on any atom is -0.378 e. The highest BCUT2D eigenvalue weighted by molar-refractivity contribution is 9.10. The van der Waals surface area contributed by atoms with E-state index in [9.17, 15) is 14.9 Å². The van der Waals surface area contributed by atoms with Crippen LogP contribution in [0.2, 0.25) is 0 Å². The molecular weight excluding hydrogens is 492 g/mol. The molecule has 2 aromatic rings. The number of nitrogens with one attached hydrogen (secondary N) is 1. The molecule has 178 valence electrons. The minimum absolute atomic E-state index is 0.00630. The van der Waals surface area contributed by atoms with Gasteiger partial charge in [-0.2, -0.15) is 0 Å². The highest BCUT2D eigenvalue weighted by Gasteiger charge is 2.33. The van der Waals surface area contributed by atoms with Crippen LogP contribution < -0.4 is 15.8 Å². The molecule has 2 aliphatic rings. The number of hydrogen-bond acceptors (Lipinski definition) is 8. The summed E-state index contributed by atoms with van der Waals surface area (Å²) in [5, 5.41) is 14.9. The summed E-state index contributed by atoms with van der Waals surface area (Å²) >= 11 is 3.27. The molecule has 11 heteroatoms. The number of halogens is 1. The largest absolute Gasteiger partial charge is 0.378 e. The second kappa shape index (κ2) is 9.78. The van der Waals surface area contributed by atoms with Crippen LogP contribution in [-0.4, -0.2) is 63.8 Å². The lowest BCUT2D eigenvalue weighted by molar-refractivity contribution is -0.384. The molecule has 0 radical (unpaired) electrons. The number of piperazine rings is 1. The van der Waals surface area contributed by atoms with Crippen LogP contribution in [0.25, 0.3) is 0 Å². The first-order valence-corrected chi connectivity index (χ1v) is 11.9. The summed E-state index contributed by atoms with van der Waals surface area (Å²) in [5.74, 6) is 0.0987. The third-order valence-corrected chi connectivity index (χ3v) is 6.80. The fourth-order valence-corrected chi connectivity index (χ4v) is 5.24. The van der Waals surface area contributed by atoms with Gasteiger partial charge in [-0.25, -0.2) is 4.98 Å². The van der Waals surface area contributed by atoms with E-state index in [4.69, 9.17) is 4.74 Å². The monoisotopic (exact) mass is 520 g/mol. The number of aromatic nitrogens is 2. The number of nitro benzene ring substituents is 1. The van der Waals surface area contributed by atoms with Crippen LogP contribution in [-0.2, 0) is 11.8 Å². The summed E-state index contributed by atoms with van der Waals surface area (Å²) in [4.78, 5) is 32.7. The van der Waals surface area contributed by atoms with Crippen LogP contribution in [0.15, 0.2) is 33.8 Å². The molecule has 1 N–H and O–H groups in total. The van der Waals surface area contributed by atoms with E-state index in [0.29, 0.717) is 28.6 Å². The quantitative estimate of drug-likeness (QED) is 0.472. The van der Waals surface area contributed by atoms with Gasteiger partial charge in [0.1, 0.15) is 10.3 Å². The van der Waals surface area contributed by atoms with Crippen LogP contribution in [0.5, 0.6) is 0 Å². The molecule has 3 atom stereocenters. The Balaban J connectivity index is 1.54. The Morgan fingerprint density at radius 3 is 2.79 bits per heavy atom. The van der Waals surface area contributed by atoms with Gasteiger partial charge in [-0.3, -0.25) is 19.8 Å². The van der Waals surface area contributed by atoms with Gasteiger partial charge in [0.25, 0.3) is 11.2 Å². The van der Waals surface area contributed by atoms with E-state index in [-0.39, 0.29) is 34.1 Å². The predicted octanol–water partition coefficient (Wildman–Crippen LogP) is 3.27. The van der Waals surface area contributed by atoms with E-state index in [2.05, 4.69) is 49.9 Å². The van der Waals surface area contributed by atoms with Crippen molar-refractivity contribution < 1.29 is 9.66 Å². The fourth-order valence-electron chi connectivity index (χ4n) is 4.76. The molecule has 3 heterocycles. The summed E-state index contributed by atoms with van der Waals surface area (Å²) in [6, 6.07) is 5.61. The number of nitrogens with zero attached hydrogens (tertiary/aromatic N) is 5. The van der Waals surface area contributed by atoms with Crippen LogP contribution in [0.4, 0.5) is 22.9 Å². The number of anilines is 3. The maximum absolute atomic E-state index is 12.3. The van der Waals surface area contributed by atoms with Crippen molar-refractivity contribution in [2.24, 2.45) is 7.05 Å². The normalized spacial score (nSPS) is 24.0. The number of nitro groups is 1. The first-order valence-electron chi connectivity index (χ1n) is 11.1. The molecule has 33 heavy (non-hydrogen) atoms. The molecule has 0 spiro atoms. The number of rotatable bonds is 5. The van der Waals surface area contributed by atoms with Crippen molar-refractivity contribution in [3.8, 4) is 0 Å². The van der Waals surface area contributed by atoms with Gasteiger partial charge >= 0.3 is 0 Å². The van der Waals surface area contributed by atoms with Crippen molar-refractivity contribution in [3.05, 3.63) is 49.5 Å².